The third kappa shape index (κ3) is 2.84. The maximum atomic E-state index is 12.6. The number of hydrogen-bond donors (Lipinski definition) is 1. The second kappa shape index (κ2) is 6.58. The lowest BCUT2D eigenvalue weighted by molar-refractivity contribution is -0.129. The molecule has 0 aromatic heterocycles. The first-order valence-corrected chi connectivity index (χ1v) is 9.95. The van der Waals surface area contributed by atoms with Crippen LogP contribution >= 0.6 is 23.2 Å². The Bertz CT molecular complexity index is 848. The zero-order valence-corrected chi connectivity index (χ0v) is 16.6. The van der Waals surface area contributed by atoms with E-state index in [4.69, 9.17) is 23.2 Å². The molecular weight excluding hydrogens is 365 g/mol. The van der Waals surface area contributed by atoms with Crippen LogP contribution in [0.3, 0.4) is 0 Å². The van der Waals surface area contributed by atoms with E-state index < -0.39 is 0 Å². The molecule has 136 valence electrons. The minimum atomic E-state index is -0.291. The fourth-order valence-corrected chi connectivity index (χ4v) is 5.44. The number of amides is 1. The van der Waals surface area contributed by atoms with E-state index in [9.17, 15) is 4.79 Å². The number of benzene rings is 2. The minimum Gasteiger partial charge on any atom is -0.355 e. The van der Waals surface area contributed by atoms with Crippen molar-refractivity contribution in [2.75, 3.05) is 6.54 Å². The van der Waals surface area contributed by atoms with Gasteiger partial charge in [0.1, 0.15) is 0 Å². The highest BCUT2D eigenvalue weighted by Gasteiger charge is 2.54. The normalized spacial score (nSPS) is 30.8. The molecule has 26 heavy (non-hydrogen) atoms. The fourth-order valence-electron chi connectivity index (χ4n) is 5.09. The van der Waals surface area contributed by atoms with E-state index in [1.165, 1.54) is 16.7 Å². The number of carbonyl (C=O) groups excluding carboxylic acids is 1. The molecule has 1 aliphatic heterocycles. The lowest BCUT2D eigenvalue weighted by atomic mass is 9.57. The Morgan fingerprint density at radius 2 is 1.77 bits per heavy atom. The van der Waals surface area contributed by atoms with Crippen LogP contribution in [-0.2, 0) is 4.79 Å². The summed E-state index contributed by atoms with van der Waals surface area (Å²) in [5.74, 6) is 1.14. The third-order valence-electron chi connectivity index (χ3n) is 6.55. The Labute approximate surface area is 164 Å². The summed E-state index contributed by atoms with van der Waals surface area (Å²) in [7, 11) is 0. The van der Waals surface area contributed by atoms with Gasteiger partial charge in [0.2, 0.25) is 5.91 Å². The third-order valence-corrected chi connectivity index (χ3v) is 7.03. The molecule has 0 radical (unpaired) electrons. The number of nitrogens with one attached hydrogen (secondary N) is 1. The summed E-state index contributed by atoms with van der Waals surface area (Å²) >= 11 is 12.3. The lowest BCUT2D eigenvalue weighted by Gasteiger charge is -2.45. The fraction of sp³-hybridized carbons (Fsp3) is 0.409. The van der Waals surface area contributed by atoms with Crippen LogP contribution < -0.4 is 5.32 Å². The number of aryl methyl sites for hydroxylation is 1. The maximum Gasteiger partial charge on any atom is 0.226 e. The lowest BCUT2D eigenvalue weighted by Crippen LogP contribution is -2.41. The molecule has 4 atom stereocenters. The van der Waals surface area contributed by atoms with E-state index in [0.29, 0.717) is 5.92 Å². The van der Waals surface area contributed by atoms with Crippen molar-refractivity contribution < 1.29 is 4.79 Å². The zero-order valence-electron chi connectivity index (χ0n) is 15.1. The number of rotatable bonds is 2. The molecule has 1 amide bonds. The highest BCUT2D eigenvalue weighted by atomic mass is 35.5. The molecule has 0 spiro atoms. The van der Waals surface area contributed by atoms with Crippen molar-refractivity contribution in [3.8, 4) is 0 Å². The van der Waals surface area contributed by atoms with Gasteiger partial charge in [-0.05, 0) is 78.5 Å². The first kappa shape index (κ1) is 17.9. The van der Waals surface area contributed by atoms with Crippen LogP contribution in [0.25, 0.3) is 0 Å². The van der Waals surface area contributed by atoms with Gasteiger partial charge in [0, 0.05) is 16.6 Å². The van der Waals surface area contributed by atoms with Crippen molar-refractivity contribution in [2.45, 2.75) is 38.5 Å². The predicted octanol–water partition coefficient (Wildman–Crippen LogP) is 5.72. The van der Waals surface area contributed by atoms with Crippen molar-refractivity contribution in [1.82, 2.24) is 5.32 Å². The predicted molar refractivity (Wildman–Crippen MR) is 107 cm³/mol. The van der Waals surface area contributed by atoms with Gasteiger partial charge in [0.15, 0.2) is 0 Å². The summed E-state index contributed by atoms with van der Waals surface area (Å²) in [5, 5.41) is 4.64. The summed E-state index contributed by atoms with van der Waals surface area (Å²) < 4.78 is 0. The van der Waals surface area contributed by atoms with Gasteiger partial charge in [0.05, 0.1) is 5.41 Å². The van der Waals surface area contributed by atoms with Gasteiger partial charge in [-0.1, -0.05) is 48.3 Å². The van der Waals surface area contributed by atoms with E-state index in [1.807, 2.05) is 24.3 Å². The number of fused-ring (bicyclic) bond motifs is 1. The molecular formula is C22H23Cl2NO. The minimum absolute atomic E-state index is 0.202. The average molecular weight is 388 g/mol. The topological polar surface area (TPSA) is 29.1 Å². The Balaban J connectivity index is 1.82. The molecule has 2 aromatic rings. The van der Waals surface area contributed by atoms with Crippen molar-refractivity contribution in [1.29, 1.82) is 0 Å². The molecule has 2 aromatic carbocycles. The Morgan fingerprint density at radius 3 is 2.46 bits per heavy atom. The SMILES string of the molecule is Cc1cc(Cl)ccc1[C@@H]1CC[C@@]2(C)C(=O)NC[C@H]2[C@H]1c1ccc(Cl)cc1. The summed E-state index contributed by atoms with van der Waals surface area (Å²) in [6.45, 7) is 5.01. The molecule has 0 bridgehead atoms. The summed E-state index contributed by atoms with van der Waals surface area (Å²) in [4.78, 5) is 12.6. The van der Waals surface area contributed by atoms with Crippen LogP contribution in [0.4, 0.5) is 0 Å². The monoisotopic (exact) mass is 387 g/mol. The van der Waals surface area contributed by atoms with Crippen molar-refractivity contribution in [2.24, 2.45) is 11.3 Å². The second-order valence-corrected chi connectivity index (χ2v) is 8.83. The second-order valence-electron chi connectivity index (χ2n) is 7.96. The van der Waals surface area contributed by atoms with Gasteiger partial charge in [0.25, 0.3) is 0 Å². The first-order valence-electron chi connectivity index (χ1n) is 9.20. The van der Waals surface area contributed by atoms with Crippen LogP contribution in [-0.4, -0.2) is 12.5 Å². The van der Waals surface area contributed by atoms with Gasteiger partial charge >= 0.3 is 0 Å². The molecule has 0 unspecified atom stereocenters. The van der Waals surface area contributed by atoms with Crippen LogP contribution in [0.15, 0.2) is 42.5 Å². The highest BCUT2D eigenvalue weighted by Crippen LogP contribution is 2.57. The Morgan fingerprint density at radius 1 is 1.08 bits per heavy atom. The van der Waals surface area contributed by atoms with E-state index in [-0.39, 0.29) is 23.2 Å². The molecule has 2 nitrogen and oxygen atoms in total. The summed E-state index contributed by atoms with van der Waals surface area (Å²) in [5.41, 5.74) is 3.54. The van der Waals surface area contributed by atoms with Crippen LogP contribution in [0, 0.1) is 18.3 Å². The molecule has 1 saturated heterocycles. The van der Waals surface area contributed by atoms with Crippen molar-refractivity contribution in [3.05, 3.63) is 69.2 Å². The molecule has 2 aliphatic rings. The van der Waals surface area contributed by atoms with E-state index in [2.05, 4.69) is 37.4 Å². The standard InChI is InChI=1S/C22H23Cl2NO/c1-13-11-16(24)7-8-17(13)18-9-10-22(2)19(12-25-21(22)26)20(18)14-3-5-15(23)6-4-14/h3-8,11,18-20H,9-10,12H2,1-2H3,(H,25,26)/t18-,19-,20-,22+/m0/s1. The van der Waals surface area contributed by atoms with Gasteiger partial charge < -0.3 is 5.32 Å². The maximum absolute atomic E-state index is 12.6. The van der Waals surface area contributed by atoms with E-state index in [1.54, 1.807) is 0 Å². The molecule has 2 fully saturated rings. The summed E-state index contributed by atoms with van der Waals surface area (Å²) in [6.07, 6.45) is 1.91. The quantitative estimate of drug-likeness (QED) is 0.701. The van der Waals surface area contributed by atoms with E-state index in [0.717, 1.165) is 29.4 Å². The number of carbonyl (C=O) groups is 1. The van der Waals surface area contributed by atoms with Crippen molar-refractivity contribution >= 4 is 29.1 Å². The van der Waals surface area contributed by atoms with Gasteiger partial charge in [-0.15, -0.1) is 0 Å². The zero-order chi connectivity index (χ0) is 18.5. The van der Waals surface area contributed by atoms with Crippen molar-refractivity contribution in [3.63, 3.8) is 0 Å². The highest BCUT2D eigenvalue weighted by molar-refractivity contribution is 6.30. The molecule has 4 rings (SSSR count). The average Bonchev–Trinajstić information content (AvgIpc) is 2.91. The van der Waals surface area contributed by atoms with Gasteiger partial charge in [-0.3, -0.25) is 4.79 Å². The summed E-state index contributed by atoms with van der Waals surface area (Å²) in [6, 6.07) is 14.4. The smallest absolute Gasteiger partial charge is 0.226 e. The Hall–Kier alpha value is -1.51. The van der Waals surface area contributed by atoms with E-state index >= 15 is 0 Å². The first-order chi connectivity index (χ1) is 12.4. The van der Waals surface area contributed by atoms with Gasteiger partial charge in [-0.2, -0.15) is 0 Å². The largest absolute Gasteiger partial charge is 0.355 e. The van der Waals surface area contributed by atoms with Crippen LogP contribution in [0.1, 0.15) is 48.3 Å². The van der Waals surface area contributed by atoms with Gasteiger partial charge in [-0.25, -0.2) is 0 Å². The number of hydrogen-bond acceptors (Lipinski definition) is 1. The number of halogens is 2. The van der Waals surface area contributed by atoms with Crippen LogP contribution in [0.5, 0.6) is 0 Å². The molecule has 4 heteroatoms. The molecule has 1 aliphatic carbocycles. The molecule has 1 N–H and O–H groups in total. The van der Waals surface area contributed by atoms with Crippen LogP contribution in [0.2, 0.25) is 10.0 Å². The molecule has 1 saturated carbocycles. The Kier molecular flexibility index (Phi) is 4.53. The molecule has 1 heterocycles.